The summed E-state index contributed by atoms with van der Waals surface area (Å²) >= 11 is 9.73. The Hall–Kier alpha value is -2.22. The average molecular weight is 443 g/mol. The molecule has 0 aliphatic rings. The number of methoxy groups -OCH3 is 1. The second-order valence-corrected chi connectivity index (χ2v) is 8.56. The van der Waals surface area contributed by atoms with Gasteiger partial charge in [-0.2, -0.15) is 0 Å². The molecule has 0 saturated heterocycles. The standard InChI is InChI=1S/C21H19ClN4OS2/c1-26-20(14-5-4-6-16(10-14)27-2)24-25-21(26)29-12-15-9-13-7-8-17(28-3)11-18(13)23-19(15)22/h4-11H,12H2,1-3H3. The Morgan fingerprint density at radius 1 is 1.10 bits per heavy atom. The number of aromatic nitrogens is 4. The fraction of sp³-hybridized carbons (Fsp3) is 0.190. The first-order valence-corrected chi connectivity index (χ1v) is 11.5. The van der Waals surface area contributed by atoms with E-state index in [1.807, 2.05) is 35.9 Å². The second kappa shape index (κ2) is 8.65. The Bertz CT molecular complexity index is 1180. The molecule has 5 nitrogen and oxygen atoms in total. The monoisotopic (exact) mass is 442 g/mol. The number of thioether (sulfide) groups is 2. The maximum absolute atomic E-state index is 6.45. The smallest absolute Gasteiger partial charge is 0.191 e. The molecule has 4 aromatic rings. The Kier molecular flexibility index (Phi) is 5.99. The lowest BCUT2D eigenvalue weighted by atomic mass is 10.2. The molecule has 2 aromatic carbocycles. The zero-order valence-corrected chi connectivity index (χ0v) is 18.6. The number of fused-ring (bicyclic) bond motifs is 1. The lowest BCUT2D eigenvalue weighted by Crippen LogP contribution is -1.96. The SMILES string of the molecule is COc1cccc(-c2nnc(SCc3cc4ccc(SC)cc4nc3Cl)n2C)c1. The minimum atomic E-state index is 0.526. The molecule has 8 heteroatoms. The number of pyridine rings is 1. The van der Waals surface area contributed by atoms with Crippen LogP contribution in [-0.4, -0.2) is 33.1 Å². The highest BCUT2D eigenvalue weighted by atomic mass is 35.5. The van der Waals surface area contributed by atoms with E-state index in [0.717, 1.165) is 38.8 Å². The van der Waals surface area contributed by atoms with Crippen LogP contribution in [0.4, 0.5) is 0 Å². The van der Waals surface area contributed by atoms with E-state index in [0.29, 0.717) is 10.9 Å². The average Bonchev–Trinajstić information content (AvgIpc) is 3.12. The lowest BCUT2D eigenvalue weighted by molar-refractivity contribution is 0.415. The molecule has 4 rings (SSSR count). The molecule has 29 heavy (non-hydrogen) atoms. The Morgan fingerprint density at radius 2 is 1.97 bits per heavy atom. The van der Waals surface area contributed by atoms with Crippen molar-refractivity contribution in [2.75, 3.05) is 13.4 Å². The quantitative estimate of drug-likeness (QED) is 0.281. The van der Waals surface area contributed by atoms with Gasteiger partial charge in [0, 0.05) is 34.2 Å². The van der Waals surface area contributed by atoms with Gasteiger partial charge in [0.05, 0.1) is 12.6 Å². The van der Waals surface area contributed by atoms with E-state index in [-0.39, 0.29) is 0 Å². The Labute approximate surface area is 182 Å². The van der Waals surface area contributed by atoms with Crippen molar-refractivity contribution < 1.29 is 4.74 Å². The maximum atomic E-state index is 6.45. The minimum absolute atomic E-state index is 0.526. The molecule has 148 valence electrons. The normalized spacial score (nSPS) is 11.2. The van der Waals surface area contributed by atoms with Gasteiger partial charge in [0.25, 0.3) is 0 Å². The molecular formula is C21H19ClN4OS2. The Morgan fingerprint density at radius 3 is 2.76 bits per heavy atom. The second-order valence-electron chi connectivity index (χ2n) is 6.38. The molecule has 0 unspecified atom stereocenters. The van der Waals surface area contributed by atoms with Crippen LogP contribution >= 0.6 is 35.1 Å². The van der Waals surface area contributed by atoms with E-state index >= 15 is 0 Å². The summed E-state index contributed by atoms with van der Waals surface area (Å²) in [6, 6.07) is 16.1. The van der Waals surface area contributed by atoms with Crippen LogP contribution in [-0.2, 0) is 12.8 Å². The first-order chi connectivity index (χ1) is 14.1. The third kappa shape index (κ3) is 4.22. The van der Waals surface area contributed by atoms with Crippen molar-refractivity contribution in [3.05, 3.63) is 59.2 Å². The van der Waals surface area contributed by atoms with Gasteiger partial charge in [-0.25, -0.2) is 4.98 Å². The van der Waals surface area contributed by atoms with Gasteiger partial charge in [0.15, 0.2) is 11.0 Å². The van der Waals surface area contributed by atoms with Crippen LogP contribution < -0.4 is 4.74 Å². The number of halogens is 1. The highest BCUT2D eigenvalue weighted by Crippen LogP contribution is 2.31. The molecule has 0 spiro atoms. The van der Waals surface area contributed by atoms with Gasteiger partial charge >= 0.3 is 0 Å². The van der Waals surface area contributed by atoms with Crippen LogP contribution in [0.2, 0.25) is 5.15 Å². The van der Waals surface area contributed by atoms with Crippen molar-refractivity contribution in [1.29, 1.82) is 0 Å². The van der Waals surface area contributed by atoms with Crippen LogP contribution in [0.1, 0.15) is 5.56 Å². The fourth-order valence-electron chi connectivity index (χ4n) is 2.99. The van der Waals surface area contributed by atoms with Gasteiger partial charge in [-0.05, 0) is 36.6 Å². The minimum Gasteiger partial charge on any atom is -0.497 e. The number of nitrogens with zero attached hydrogens (tertiary/aromatic N) is 4. The van der Waals surface area contributed by atoms with Crippen molar-refractivity contribution in [2.24, 2.45) is 7.05 Å². The van der Waals surface area contributed by atoms with E-state index in [9.17, 15) is 0 Å². The predicted molar refractivity (Wildman–Crippen MR) is 121 cm³/mol. The number of hydrogen-bond donors (Lipinski definition) is 0. The van der Waals surface area contributed by atoms with E-state index in [1.54, 1.807) is 30.6 Å². The topological polar surface area (TPSA) is 52.8 Å². The van der Waals surface area contributed by atoms with Crippen molar-refractivity contribution in [3.8, 4) is 17.1 Å². The molecule has 0 saturated carbocycles. The van der Waals surface area contributed by atoms with Crippen molar-refractivity contribution >= 4 is 46.0 Å². The van der Waals surface area contributed by atoms with Crippen LogP contribution in [0.15, 0.2) is 58.6 Å². The molecule has 0 aliphatic carbocycles. The molecule has 0 atom stereocenters. The van der Waals surface area contributed by atoms with Gasteiger partial charge in [0.1, 0.15) is 10.9 Å². The summed E-state index contributed by atoms with van der Waals surface area (Å²) in [5.74, 6) is 2.24. The summed E-state index contributed by atoms with van der Waals surface area (Å²) in [7, 11) is 3.61. The van der Waals surface area contributed by atoms with Gasteiger partial charge in [-0.1, -0.05) is 41.6 Å². The largest absolute Gasteiger partial charge is 0.497 e. The number of rotatable bonds is 6. The molecule has 0 bridgehead atoms. The third-order valence-corrected chi connectivity index (χ3v) is 6.69. The maximum Gasteiger partial charge on any atom is 0.191 e. The Balaban J connectivity index is 1.56. The summed E-state index contributed by atoms with van der Waals surface area (Å²) < 4.78 is 7.28. The summed E-state index contributed by atoms with van der Waals surface area (Å²) in [5.41, 5.74) is 2.85. The van der Waals surface area contributed by atoms with Crippen LogP contribution in [0.3, 0.4) is 0 Å². The van der Waals surface area contributed by atoms with Gasteiger partial charge in [-0.15, -0.1) is 22.0 Å². The molecule has 2 heterocycles. The molecule has 0 radical (unpaired) electrons. The molecule has 0 N–H and O–H groups in total. The van der Waals surface area contributed by atoms with Crippen LogP contribution in [0.25, 0.3) is 22.3 Å². The summed E-state index contributed by atoms with van der Waals surface area (Å²) in [5, 5.41) is 11.1. The summed E-state index contributed by atoms with van der Waals surface area (Å²) in [6.45, 7) is 0. The van der Waals surface area contributed by atoms with Crippen molar-refractivity contribution in [2.45, 2.75) is 15.8 Å². The zero-order chi connectivity index (χ0) is 20.4. The van der Waals surface area contributed by atoms with E-state index < -0.39 is 0 Å². The van der Waals surface area contributed by atoms with Crippen LogP contribution in [0.5, 0.6) is 5.75 Å². The summed E-state index contributed by atoms with van der Waals surface area (Å²) in [4.78, 5) is 5.75. The van der Waals surface area contributed by atoms with Crippen LogP contribution in [0, 0.1) is 0 Å². The molecule has 0 aliphatic heterocycles. The van der Waals surface area contributed by atoms with E-state index in [1.165, 1.54) is 4.90 Å². The molecule has 0 amide bonds. The first-order valence-electron chi connectivity index (χ1n) is 8.89. The lowest BCUT2D eigenvalue weighted by Gasteiger charge is -2.08. The summed E-state index contributed by atoms with van der Waals surface area (Å²) in [6.07, 6.45) is 2.05. The van der Waals surface area contributed by atoms with Gasteiger partial charge < -0.3 is 9.30 Å². The molecule has 2 aromatic heterocycles. The van der Waals surface area contributed by atoms with Gasteiger partial charge in [-0.3, -0.25) is 0 Å². The van der Waals surface area contributed by atoms with Crippen molar-refractivity contribution in [3.63, 3.8) is 0 Å². The molecule has 0 fully saturated rings. The van der Waals surface area contributed by atoms with Crippen molar-refractivity contribution in [1.82, 2.24) is 19.7 Å². The van der Waals surface area contributed by atoms with Gasteiger partial charge in [0.2, 0.25) is 0 Å². The number of ether oxygens (including phenoxy) is 1. The highest BCUT2D eigenvalue weighted by Gasteiger charge is 2.13. The third-order valence-electron chi connectivity index (χ3n) is 4.57. The fourth-order valence-corrected chi connectivity index (χ4v) is 4.60. The highest BCUT2D eigenvalue weighted by molar-refractivity contribution is 7.98. The van der Waals surface area contributed by atoms with E-state index in [4.69, 9.17) is 16.3 Å². The number of hydrogen-bond acceptors (Lipinski definition) is 6. The number of benzene rings is 2. The zero-order valence-electron chi connectivity index (χ0n) is 16.2. The van der Waals surface area contributed by atoms with E-state index in [2.05, 4.69) is 45.7 Å². The molecular weight excluding hydrogens is 424 g/mol. The first kappa shape index (κ1) is 20.1. The predicted octanol–water partition coefficient (Wildman–Crippen LogP) is 5.71.